The number of amides is 1. The van der Waals surface area contributed by atoms with Crippen molar-refractivity contribution in [3.63, 3.8) is 0 Å². The van der Waals surface area contributed by atoms with E-state index in [4.69, 9.17) is 14.2 Å². The van der Waals surface area contributed by atoms with Gasteiger partial charge in [0.1, 0.15) is 11.9 Å². The summed E-state index contributed by atoms with van der Waals surface area (Å²) in [6, 6.07) is 4.29. The molecular weight excluding hydrogens is 320 g/mol. The largest absolute Gasteiger partial charge is 0.489 e. The molecule has 6 heteroatoms. The highest BCUT2D eigenvalue weighted by atomic mass is 16.6. The maximum Gasteiger partial charge on any atom is 0.410 e. The average molecular weight is 346 g/mol. The zero-order valence-corrected chi connectivity index (χ0v) is 14.5. The summed E-state index contributed by atoms with van der Waals surface area (Å²) in [5.74, 6) is 1.25. The van der Waals surface area contributed by atoms with E-state index in [9.17, 15) is 4.79 Å². The molecule has 1 amide bonds. The van der Waals surface area contributed by atoms with E-state index in [0.29, 0.717) is 12.5 Å². The molecule has 25 heavy (non-hydrogen) atoms. The maximum atomic E-state index is 12.6. The predicted molar refractivity (Wildman–Crippen MR) is 91.4 cm³/mol. The lowest BCUT2D eigenvalue weighted by atomic mass is 10.00. The fourth-order valence-corrected chi connectivity index (χ4v) is 4.31. The Morgan fingerprint density at radius 1 is 1.20 bits per heavy atom. The van der Waals surface area contributed by atoms with Crippen molar-refractivity contribution < 1.29 is 19.0 Å². The lowest BCUT2D eigenvalue weighted by Gasteiger charge is -2.38. The summed E-state index contributed by atoms with van der Waals surface area (Å²) >= 11 is 0. The molecule has 136 valence electrons. The highest BCUT2D eigenvalue weighted by Gasteiger charge is 2.45. The van der Waals surface area contributed by atoms with Crippen LogP contribution in [0, 0.1) is 5.92 Å². The lowest BCUT2D eigenvalue weighted by Crippen LogP contribution is -2.49. The second kappa shape index (κ2) is 7.60. The third-order valence-corrected chi connectivity index (χ3v) is 5.62. The van der Waals surface area contributed by atoms with Crippen LogP contribution < -0.4 is 4.74 Å². The molecule has 4 rings (SSSR count). The second-order valence-electron chi connectivity index (χ2n) is 7.32. The number of aromatic nitrogens is 1. The number of hydrogen-bond donors (Lipinski definition) is 0. The number of carbonyl (C=O) groups is 1. The van der Waals surface area contributed by atoms with Crippen molar-refractivity contribution in [1.29, 1.82) is 0 Å². The molecule has 0 saturated carbocycles. The van der Waals surface area contributed by atoms with E-state index in [1.54, 1.807) is 12.4 Å². The quantitative estimate of drug-likeness (QED) is 0.839. The van der Waals surface area contributed by atoms with Crippen molar-refractivity contribution in [2.45, 2.75) is 56.7 Å². The fourth-order valence-electron chi connectivity index (χ4n) is 4.31. The van der Waals surface area contributed by atoms with Crippen molar-refractivity contribution in [3.8, 4) is 5.75 Å². The Bertz CT molecular complexity index is 562. The van der Waals surface area contributed by atoms with Crippen LogP contribution in [0.1, 0.15) is 38.5 Å². The summed E-state index contributed by atoms with van der Waals surface area (Å²) in [6.45, 7) is 2.09. The van der Waals surface area contributed by atoms with Crippen LogP contribution in [0.5, 0.6) is 5.75 Å². The summed E-state index contributed by atoms with van der Waals surface area (Å²) in [7, 11) is 0. The molecule has 0 aromatic carbocycles. The molecule has 2 atom stereocenters. The SMILES string of the molecule is O=C(OCC1CCOCC1)N1C2CCC1CC(Oc1cccnc1)C2. The van der Waals surface area contributed by atoms with Crippen LogP contribution in [0.15, 0.2) is 24.5 Å². The summed E-state index contributed by atoms with van der Waals surface area (Å²) in [4.78, 5) is 18.7. The van der Waals surface area contributed by atoms with E-state index in [-0.39, 0.29) is 24.3 Å². The Balaban J connectivity index is 1.30. The molecule has 3 aliphatic heterocycles. The lowest BCUT2D eigenvalue weighted by molar-refractivity contribution is 0.00887. The number of hydrogen-bond acceptors (Lipinski definition) is 5. The Morgan fingerprint density at radius 3 is 2.64 bits per heavy atom. The van der Waals surface area contributed by atoms with Gasteiger partial charge in [-0.1, -0.05) is 0 Å². The van der Waals surface area contributed by atoms with Crippen molar-refractivity contribution in [2.75, 3.05) is 19.8 Å². The van der Waals surface area contributed by atoms with Gasteiger partial charge in [0.2, 0.25) is 0 Å². The Morgan fingerprint density at radius 2 is 1.96 bits per heavy atom. The molecule has 3 fully saturated rings. The first-order chi connectivity index (χ1) is 12.3. The van der Waals surface area contributed by atoms with Gasteiger partial charge in [0.15, 0.2) is 0 Å². The Labute approximate surface area is 148 Å². The first-order valence-electron chi connectivity index (χ1n) is 9.39. The maximum absolute atomic E-state index is 12.6. The second-order valence-corrected chi connectivity index (χ2v) is 7.32. The van der Waals surface area contributed by atoms with E-state index in [1.807, 2.05) is 17.0 Å². The van der Waals surface area contributed by atoms with Crippen LogP contribution >= 0.6 is 0 Å². The van der Waals surface area contributed by atoms with Gasteiger partial charge >= 0.3 is 6.09 Å². The van der Waals surface area contributed by atoms with E-state index in [1.165, 1.54) is 0 Å². The number of carbonyl (C=O) groups excluding carboxylic acids is 1. The van der Waals surface area contributed by atoms with Gasteiger partial charge in [-0.25, -0.2) is 4.79 Å². The zero-order valence-electron chi connectivity index (χ0n) is 14.5. The molecule has 3 saturated heterocycles. The van der Waals surface area contributed by atoms with Gasteiger partial charge in [-0.15, -0.1) is 0 Å². The number of pyridine rings is 1. The van der Waals surface area contributed by atoms with Gasteiger partial charge < -0.3 is 19.1 Å². The molecule has 2 unspecified atom stereocenters. The smallest absolute Gasteiger partial charge is 0.410 e. The van der Waals surface area contributed by atoms with Gasteiger partial charge in [0.05, 0.1) is 12.8 Å². The number of ether oxygens (including phenoxy) is 3. The number of rotatable bonds is 4. The van der Waals surface area contributed by atoms with Gasteiger partial charge in [-0.3, -0.25) is 4.98 Å². The van der Waals surface area contributed by atoms with E-state index in [0.717, 1.165) is 57.5 Å². The molecule has 0 spiro atoms. The van der Waals surface area contributed by atoms with Crippen LogP contribution in [-0.2, 0) is 9.47 Å². The number of fused-ring (bicyclic) bond motifs is 2. The molecule has 6 nitrogen and oxygen atoms in total. The third-order valence-electron chi connectivity index (χ3n) is 5.62. The summed E-state index contributed by atoms with van der Waals surface area (Å²) in [5, 5.41) is 0. The van der Waals surface area contributed by atoms with E-state index < -0.39 is 0 Å². The van der Waals surface area contributed by atoms with E-state index >= 15 is 0 Å². The van der Waals surface area contributed by atoms with Crippen LogP contribution in [-0.4, -0.2) is 54.0 Å². The van der Waals surface area contributed by atoms with Gasteiger partial charge in [0, 0.05) is 44.3 Å². The highest BCUT2D eigenvalue weighted by Crippen LogP contribution is 2.37. The van der Waals surface area contributed by atoms with E-state index in [2.05, 4.69) is 4.98 Å². The normalized spacial score (nSPS) is 29.4. The van der Waals surface area contributed by atoms with Crippen LogP contribution in [0.25, 0.3) is 0 Å². The van der Waals surface area contributed by atoms with Crippen LogP contribution in [0.2, 0.25) is 0 Å². The molecular formula is C19H26N2O4. The first-order valence-corrected chi connectivity index (χ1v) is 9.39. The number of piperidine rings is 1. The average Bonchev–Trinajstić information content (AvgIpc) is 2.92. The topological polar surface area (TPSA) is 60.9 Å². The summed E-state index contributed by atoms with van der Waals surface area (Å²) in [6.07, 6.45) is 9.32. The molecule has 3 aliphatic rings. The van der Waals surface area contributed by atoms with Crippen molar-refractivity contribution in [3.05, 3.63) is 24.5 Å². The van der Waals surface area contributed by atoms with Crippen LogP contribution in [0.3, 0.4) is 0 Å². The minimum Gasteiger partial charge on any atom is -0.489 e. The third kappa shape index (κ3) is 3.89. The zero-order chi connectivity index (χ0) is 17.1. The summed E-state index contributed by atoms with van der Waals surface area (Å²) in [5.41, 5.74) is 0. The molecule has 0 aliphatic carbocycles. The molecule has 0 N–H and O–H groups in total. The standard InChI is InChI=1S/C19H26N2O4/c22-19(24-13-14-5-8-23-9-6-14)21-15-3-4-16(21)11-18(10-15)25-17-2-1-7-20-12-17/h1-2,7,12,14-16,18H,3-6,8-11,13H2. The van der Waals surface area contributed by atoms with Gasteiger partial charge in [-0.05, 0) is 43.7 Å². The molecule has 0 radical (unpaired) electrons. The minimum atomic E-state index is -0.140. The monoisotopic (exact) mass is 346 g/mol. The Hall–Kier alpha value is -1.82. The summed E-state index contributed by atoms with van der Waals surface area (Å²) < 4.78 is 17.1. The van der Waals surface area contributed by atoms with Crippen molar-refractivity contribution >= 4 is 6.09 Å². The highest BCUT2D eigenvalue weighted by molar-refractivity contribution is 5.69. The first kappa shape index (κ1) is 16.6. The molecule has 4 heterocycles. The van der Waals surface area contributed by atoms with Crippen molar-refractivity contribution in [1.82, 2.24) is 9.88 Å². The number of nitrogens with zero attached hydrogens (tertiary/aromatic N) is 2. The minimum absolute atomic E-state index is 0.140. The predicted octanol–water partition coefficient (Wildman–Crippen LogP) is 3.02. The molecule has 2 bridgehead atoms. The Kier molecular flexibility index (Phi) is 5.06. The molecule has 1 aromatic rings. The van der Waals surface area contributed by atoms with Gasteiger partial charge in [0.25, 0.3) is 0 Å². The van der Waals surface area contributed by atoms with Gasteiger partial charge in [-0.2, -0.15) is 0 Å². The van der Waals surface area contributed by atoms with Crippen LogP contribution in [0.4, 0.5) is 4.79 Å². The fraction of sp³-hybridized carbons (Fsp3) is 0.684. The van der Waals surface area contributed by atoms with Crippen molar-refractivity contribution in [2.24, 2.45) is 5.92 Å². The molecule has 1 aromatic heterocycles.